The fourth-order valence-electron chi connectivity index (χ4n) is 8.90. The monoisotopic (exact) mass is 1110 g/mol. The Labute approximate surface area is 445 Å². The van der Waals surface area contributed by atoms with Gasteiger partial charge in [-0.25, -0.2) is 24.1 Å². The van der Waals surface area contributed by atoms with E-state index >= 15 is 0 Å². The second kappa shape index (κ2) is 24.8. The molecule has 10 rings (SSSR count). The lowest BCUT2D eigenvalue weighted by molar-refractivity contribution is -0.138. The fourth-order valence-corrected chi connectivity index (χ4v) is 9.35. The van der Waals surface area contributed by atoms with Gasteiger partial charge in [-0.1, -0.05) is 59.6 Å². The number of urea groups is 1. The highest BCUT2D eigenvalue weighted by atomic mass is 35.5. The van der Waals surface area contributed by atoms with Gasteiger partial charge < -0.3 is 30.3 Å². The van der Waals surface area contributed by atoms with E-state index in [2.05, 4.69) is 25.5 Å². The Morgan fingerprint density at radius 2 is 1.10 bits per heavy atom. The molecule has 2 saturated heterocycles. The summed E-state index contributed by atoms with van der Waals surface area (Å²) in [6, 6.07) is 20.6. The Kier molecular flexibility index (Phi) is 19.3. The number of carbonyl (C=O) groups excluding carboxylic acids is 2. The molecule has 2 fully saturated rings. The third kappa shape index (κ3) is 14.1. The number of nitrogens with one attached hydrogen (secondary N) is 1. The molecule has 392 valence electrons. The topological polar surface area (TPSA) is 159 Å². The van der Waals surface area contributed by atoms with Gasteiger partial charge in [-0.05, 0) is 96.9 Å². The van der Waals surface area contributed by atoms with E-state index in [-0.39, 0.29) is 69.3 Å². The highest BCUT2D eigenvalue weighted by Crippen LogP contribution is 2.40. The zero-order chi connectivity index (χ0) is 50.5. The highest BCUT2D eigenvalue weighted by molar-refractivity contribution is 7.59. The Morgan fingerprint density at radius 1 is 0.644 bits per heavy atom. The molecule has 6 heterocycles. The predicted molar refractivity (Wildman–Crippen MR) is 272 cm³/mol. The van der Waals surface area contributed by atoms with Crippen molar-refractivity contribution in [1.29, 1.82) is 0 Å². The Hall–Kier alpha value is -5.39. The van der Waals surface area contributed by atoms with E-state index in [1.807, 2.05) is 53.2 Å². The highest BCUT2D eigenvalue weighted by Gasteiger charge is 2.38. The summed E-state index contributed by atoms with van der Waals surface area (Å²) in [7, 11) is 0. The summed E-state index contributed by atoms with van der Waals surface area (Å²) in [5.74, 6) is 1.87. The zero-order valence-corrected chi connectivity index (χ0v) is 43.0. The summed E-state index contributed by atoms with van der Waals surface area (Å²) in [4.78, 5) is 36.9. The number of hydrogen-bond acceptors (Lipinski definition) is 9. The van der Waals surface area contributed by atoms with Gasteiger partial charge in [0, 0.05) is 53.1 Å². The predicted octanol–water partition coefficient (Wildman–Crippen LogP) is 11.6. The number of amides is 3. The van der Waals surface area contributed by atoms with Gasteiger partial charge in [0.05, 0.1) is 55.6 Å². The molecule has 0 spiro atoms. The Balaban J connectivity index is 0.000000194. The maximum absolute atomic E-state index is 13.3. The lowest BCUT2D eigenvalue weighted by Crippen LogP contribution is -2.43. The van der Waals surface area contributed by atoms with E-state index < -0.39 is 34.9 Å². The first-order valence-electron chi connectivity index (χ1n) is 22.6. The van der Waals surface area contributed by atoms with Crippen molar-refractivity contribution in [3.05, 3.63) is 153 Å². The van der Waals surface area contributed by atoms with Crippen LogP contribution in [0.5, 0.6) is 11.5 Å². The number of nitrogens with zero attached hydrogens (tertiary/aromatic N) is 8. The van der Waals surface area contributed by atoms with Gasteiger partial charge in [0.25, 0.3) is 0 Å². The molecule has 73 heavy (non-hydrogen) atoms. The molecule has 4 aliphatic rings. The third-order valence-corrected chi connectivity index (χ3v) is 13.2. The Bertz CT molecular complexity index is 2810. The molecule has 4 atom stereocenters. The molecular formula is C48H51Cl3F6N10O4S2. The van der Waals surface area contributed by atoms with Crippen LogP contribution >= 0.6 is 61.8 Å². The van der Waals surface area contributed by atoms with E-state index in [0.29, 0.717) is 72.6 Å². The van der Waals surface area contributed by atoms with Crippen LogP contribution < -0.4 is 20.5 Å². The summed E-state index contributed by atoms with van der Waals surface area (Å²) in [6.45, 7) is 2.89. The number of benzene rings is 4. The first-order valence-corrected chi connectivity index (χ1v) is 23.8. The van der Waals surface area contributed by atoms with Crippen LogP contribution in [0.25, 0.3) is 0 Å². The standard InChI is InChI=1S/C24H23ClF3N5O2.C14H14Cl2N4O.C10H10F3NO.2H2S/c25-17-6-3-15(4-7-17)13-33-22(29-14-30-33)20-2-1-10-32(20)23(34)31-19-9-11-35-21-12-16(24(26,27)28)5-8-18(19)21;15-11-5-3-10(4-6-11)8-20-13(17-9-18-20)12-2-1-7-19(12)14(16)21;11-10(12,13)6-1-2-7-8(14)3-4-15-9(7)5-6;;/h3-8,12,14,19-20H,1-2,9-11,13H2,(H,31,34);3-6,9,12H,1-2,7-8H2;1-2,5,8H,3-4,14H2;2*1H2/t19?,20-;12-;8-;;/m110../s1. The largest absolute Gasteiger partial charge is 0.493 e. The van der Waals surface area contributed by atoms with Crippen LogP contribution in [-0.4, -0.2) is 77.0 Å². The van der Waals surface area contributed by atoms with E-state index in [9.17, 15) is 35.9 Å². The van der Waals surface area contributed by atoms with Crippen molar-refractivity contribution in [2.45, 2.75) is 88.1 Å². The minimum atomic E-state index is -4.46. The number of fused-ring (bicyclic) bond motifs is 2. The van der Waals surface area contributed by atoms with Crippen LogP contribution in [0.2, 0.25) is 10.0 Å². The number of carbonyl (C=O) groups is 2. The number of rotatable bonds is 7. The van der Waals surface area contributed by atoms with Crippen molar-refractivity contribution in [1.82, 2.24) is 44.6 Å². The molecular weight excluding hydrogens is 1070 g/mol. The molecule has 0 saturated carbocycles. The summed E-state index contributed by atoms with van der Waals surface area (Å²) in [6.07, 6.45) is -1.36. The van der Waals surface area contributed by atoms with E-state index in [0.717, 1.165) is 66.9 Å². The summed E-state index contributed by atoms with van der Waals surface area (Å²) in [5, 5.41) is 12.5. The van der Waals surface area contributed by atoms with E-state index in [4.69, 9.17) is 50.0 Å². The van der Waals surface area contributed by atoms with Gasteiger partial charge in [-0.2, -0.15) is 63.5 Å². The maximum atomic E-state index is 13.3. The number of hydrogen-bond donors (Lipinski definition) is 2. The molecule has 4 aromatic carbocycles. The molecule has 4 aliphatic heterocycles. The lowest BCUT2D eigenvalue weighted by Gasteiger charge is -2.31. The summed E-state index contributed by atoms with van der Waals surface area (Å²) >= 11 is 17.5. The molecule has 6 aromatic rings. The maximum Gasteiger partial charge on any atom is 0.416 e. The first kappa shape index (κ1) is 56.9. The van der Waals surface area contributed by atoms with Crippen LogP contribution in [0.15, 0.2) is 97.6 Å². The number of nitrogens with two attached hydrogens (primary N) is 1. The minimum absolute atomic E-state index is 0. The van der Waals surface area contributed by atoms with Gasteiger partial charge in [-0.3, -0.25) is 4.79 Å². The number of aromatic nitrogens is 6. The Morgan fingerprint density at radius 3 is 1.59 bits per heavy atom. The summed E-state index contributed by atoms with van der Waals surface area (Å²) < 4.78 is 90.6. The SMILES string of the molecule is N[C@H]1CCOc2cc(C(F)(F)F)ccc21.O=C(Cl)N1CCC[C@@H]1c1ncnn1Cc1ccc(Cl)cc1.O=C(NC1CCOc2cc(C(F)(F)F)ccc21)N1CCC[C@@H]1c1ncnn1Cc1ccc(Cl)cc1.S.S. The fraction of sp³-hybridized carbons (Fsp3) is 0.375. The van der Waals surface area contributed by atoms with E-state index in [1.54, 1.807) is 14.5 Å². The molecule has 0 bridgehead atoms. The van der Waals surface area contributed by atoms with Crippen molar-refractivity contribution < 1.29 is 45.4 Å². The molecule has 0 aliphatic carbocycles. The average Bonchev–Trinajstić information content (AvgIpc) is 4.19. The molecule has 25 heteroatoms. The number of alkyl halides is 6. The molecule has 1 unspecified atom stereocenters. The van der Waals surface area contributed by atoms with Crippen LogP contribution in [-0.2, 0) is 25.4 Å². The van der Waals surface area contributed by atoms with Crippen molar-refractivity contribution in [2.24, 2.45) is 5.73 Å². The van der Waals surface area contributed by atoms with Gasteiger partial charge in [-0.15, -0.1) is 0 Å². The average molecular weight is 1120 g/mol. The van der Waals surface area contributed by atoms with Gasteiger partial charge in [0.1, 0.15) is 35.8 Å². The second-order valence-electron chi connectivity index (χ2n) is 17.1. The lowest BCUT2D eigenvalue weighted by atomic mass is 9.98. The molecule has 2 aromatic heterocycles. The number of likely N-dealkylation sites (tertiary alicyclic amines) is 2. The normalized spacial score (nSPS) is 19.0. The zero-order valence-electron chi connectivity index (χ0n) is 38.7. The summed E-state index contributed by atoms with van der Waals surface area (Å²) in [5.41, 5.74) is 7.54. The van der Waals surface area contributed by atoms with Crippen LogP contribution in [0, 0.1) is 0 Å². The van der Waals surface area contributed by atoms with Crippen molar-refractivity contribution >= 4 is 73.2 Å². The van der Waals surface area contributed by atoms with Gasteiger partial charge in [0.15, 0.2) is 0 Å². The molecule has 14 nitrogen and oxygen atoms in total. The van der Waals surface area contributed by atoms with Crippen LogP contribution in [0.1, 0.15) is 108 Å². The molecule has 0 radical (unpaired) electrons. The number of halogens is 9. The number of ether oxygens (including phenoxy) is 2. The van der Waals surface area contributed by atoms with E-state index in [1.165, 1.54) is 24.8 Å². The quantitative estimate of drug-likeness (QED) is 0.0901. The van der Waals surface area contributed by atoms with Crippen LogP contribution in [0.3, 0.4) is 0 Å². The molecule has 3 N–H and O–H groups in total. The van der Waals surface area contributed by atoms with Gasteiger partial charge >= 0.3 is 23.8 Å². The van der Waals surface area contributed by atoms with Crippen molar-refractivity contribution in [3.8, 4) is 11.5 Å². The first-order chi connectivity index (χ1) is 33.9. The van der Waals surface area contributed by atoms with Crippen LogP contribution in [0.4, 0.5) is 35.9 Å². The van der Waals surface area contributed by atoms with Crippen molar-refractivity contribution in [3.63, 3.8) is 0 Å². The minimum Gasteiger partial charge on any atom is -0.493 e. The third-order valence-electron chi connectivity index (χ3n) is 12.5. The second-order valence-corrected chi connectivity index (χ2v) is 18.3. The van der Waals surface area contributed by atoms with Crippen molar-refractivity contribution in [2.75, 3.05) is 26.3 Å². The van der Waals surface area contributed by atoms with Gasteiger partial charge in [0.2, 0.25) is 0 Å². The molecule has 3 amide bonds. The smallest absolute Gasteiger partial charge is 0.416 e.